The SMILES string of the molecule is CCNC(=O)OOCCn1c(-c2cccc(F)c2)nc2c(N)nc(C#CC3(O)CCCCC3)nc21.Cl. The Hall–Kier alpha value is -3.46. The van der Waals surface area contributed by atoms with Crippen LogP contribution in [0.3, 0.4) is 0 Å². The van der Waals surface area contributed by atoms with Crippen LogP contribution in [-0.2, 0) is 16.3 Å². The Bertz CT molecular complexity index is 1280. The van der Waals surface area contributed by atoms with Gasteiger partial charge >= 0.3 is 6.09 Å². The number of hydrogen-bond acceptors (Lipinski definition) is 8. The second kappa shape index (κ2) is 12.0. The lowest BCUT2D eigenvalue weighted by Gasteiger charge is -2.26. The molecule has 1 aliphatic carbocycles. The van der Waals surface area contributed by atoms with E-state index in [1.807, 2.05) is 0 Å². The van der Waals surface area contributed by atoms with Crippen molar-refractivity contribution < 1.29 is 24.1 Å². The monoisotopic (exact) mass is 518 g/mol. The van der Waals surface area contributed by atoms with Crippen LogP contribution in [0.1, 0.15) is 44.9 Å². The van der Waals surface area contributed by atoms with Crippen LogP contribution < -0.4 is 11.1 Å². The van der Waals surface area contributed by atoms with Crippen molar-refractivity contribution in [3.05, 3.63) is 35.9 Å². The first kappa shape index (κ1) is 27.1. The fourth-order valence-electron chi connectivity index (χ4n) is 3.97. The fourth-order valence-corrected chi connectivity index (χ4v) is 3.97. The summed E-state index contributed by atoms with van der Waals surface area (Å²) in [6.45, 7) is 2.28. The fraction of sp³-hybridized carbons (Fsp3) is 0.417. The van der Waals surface area contributed by atoms with E-state index in [4.69, 9.17) is 10.6 Å². The zero-order chi connectivity index (χ0) is 24.8. The second-order valence-corrected chi connectivity index (χ2v) is 8.27. The summed E-state index contributed by atoms with van der Waals surface area (Å²) < 4.78 is 15.6. The number of nitrogens with zero attached hydrogens (tertiary/aromatic N) is 4. The van der Waals surface area contributed by atoms with Gasteiger partial charge in [0.1, 0.15) is 23.8 Å². The average molecular weight is 519 g/mol. The number of anilines is 1. The molecule has 0 atom stereocenters. The van der Waals surface area contributed by atoms with Crippen molar-refractivity contribution >= 4 is 35.5 Å². The molecular weight excluding hydrogens is 491 g/mol. The molecule has 3 aromatic rings. The quantitative estimate of drug-likeness (QED) is 0.195. The first-order chi connectivity index (χ1) is 16.9. The van der Waals surface area contributed by atoms with Gasteiger partial charge in [0.2, 0.25) is 5.82 Å². The molecule has 1 saturated carbocycles. The zero-order valence-corrected chi connectivity index (χ0v) is 20.6. The van der Waals surface area contributed by atoms with E-state index < -0.39 is 17.5 Å². The molecule has 2 heterocycles. The highest BCUT2D eigenvalue weighted by molar-refractivity contribution is 5.86. The molecule has 1 aromatic carbocycles. The lowest BCUT2D eigenvalue weighted by Crippen LogP contribution is -2.29. The minimum Gasteiger partial charge on any atom is -0.382 e. The first-order valence-corrected chi connectivity index (χ1v) is 11.5. The molecule has 4 N–H and O–H groups in total. The Morgan fingerprint density at radius 1 is 1.28 bits per heavy atom. The third-order valence-electron chi connectivity index (χ3n) is 5.65. The van der Waals surface area contributed by atoms with Crippen LogP contribution in [0.25, 0.3) is 22.6 Å². The van der Waals surface area contributed by atoms with Gasteiger partial charge in [-0.25, -0.2) is 24.1 Å². The Morgan fingerprint density at radius 2 is 2.06 bits per heavy atom. The lowest BCUT2D eigenvalue weighted by molar-refractivity contribution is -0.239. The number of aromatic nitrogens is 4. The van der Waals surface area contributed by atoms with E-state index in [-0.39, 0.29) is 37.2 Å². The largest absolute Gasteiger partial charge is 0.438 e. The molecule has 1 amide bonds. The molecule has 0 radical (unpaired) electrons. The van der Waals surface area contributed by atoms with E-state index >= 15 is 0 Å². The van der Waals surface area contributed by atoms with Crippen molar-refractivity contribution in [2.24, 2.45) is 0 Å². The summed E-state index contributed by atoms with van der Waals surface area (Å²) in [6, 6.07) is 5.94. The molecule has 36 heavy (non-hydrogen) atoms. The minimum absolute atomic E-state index is 0. The summed E-state index contributed by atoms with van der Waals surface area (Å²) in [4.78, 5) is 34.5. The maximum absolute atomic E-state index is 13.9. The van der Waals surface area contributed by atoms with E-state index in [1.54, 1.807) is 23.6 Å². The summed E-state index contributed by atoms with van der Waals surface area (Å²) in [5, 5.41) is 13.1. The van der Waals surface area contributed by atoms with E-state index in [1.165, 1.54) is 12.1 Å². The molecule has 10 nitrogen and oxygen atoms in total. The number of rotatable bonds is 6. The van der Waals surface area contributed by atoms with Crippen LogP contribution in [0.5, 0.6) is 0 Å². The van der Waals surface area contributed by atoms with E-state index in [0.717, 1.165) is 19.3 Å². The highest BCUT2D eigenvalue weighted by Gasteiger charge is 2.27. The maximum atomic E-state index is 13.9. The van der Waals surface area contributed by atoms with Gasteiger partial charge in [0.05, 0.1) is 6.54 Å². The standard InChI is InChI=1S/C24H27FN6O4.ClH/c1-2-27-23(32)35-34-14-13-31-21(16-7-6-8-17(25)15-16)30-19-20(26)28-18(29-22(19)31)9-12-24(33)10-4-3-5-11-24;/h6-8,15,33H,2-5,10-11,13-14H2,1H3,(H,27,32)(H2,26,28,29);1H. The molecule has 0 aliphatic heterocycles. The molecular formula is C24H28ClFN6O4. The van der Waals surface area contributed by atoms with Crippen molar-refractivity contribution in [1.82, 2.24) is 24.8 Å². The minimum atomic E-state index is -1.07. The third-order valence-corrected chi connectivity index (χ3v) is 5.65. The van der Waals surface area contributed by atoms with Gasteiger partial charge in [0.25, 0.3) is 0 Å². The lowest BCUT2D eigenvalue weighted by atomic mass is 9.85. The zero-order valence-electron chi connectivity index (χ0n) is 19.8. The van der Waals surface area contributed by atoms with Crippen LogP contribution >= 0.6 is 12.4 Å². The smallest absolute Gasteiger partial charge is 0.382 e. The molecule has 4 rings (SSSR count). The molecule has 0 unspecified atom stereocenters. The number of nitrogen functional groups attached to an aromatic ring is 1. The molecule has 0 spiro atoms. The molecule has 0 saturated heterocycles. The molecule has 0 bridgehead atoms. The van der Waals surface area contributed by atoms with Crippen molar-refractivity contribution in [3.8, 4) is 23.2 Å². The number of carbonyl (C=O) groups excluding carboxylic acids is 1. The van der Waals surface area contributed by atoms with E-state index in [0.29, 0.717) is 41.9 Å². The second-order valence-electron chi connectivity index (χ2n) is 8.27. The number of benzene rings is 1. The number of nitrogens with one attached hydrogen (secondary N) is 1. The van der Waals surface area contributed by atoms with Gasteiger partial charge in [-0.15, -0.1) is 12.4 Å². The number of imidazole rings is 1. The Labute approximate surface area is 213 Å². The first-order valence-electron chi connectivity index (χ1n) is 11.5. The summed E-state index contributed by atoms with van der Waals surface area (Å²) in [5.41, 5.74) is 6.28. The molecule has 1 fully saturated rings. The predicted molar refractivity (Wildman–Crippen MR) is 133 cm³/mol. The Kier molecular flexibility index (Phi) is 9.03. The number of carbonyl (C=O) groups is 1. The molecule has 192 valence electrons. The summed E-state index contributed by atoms with van der Waals surface area (Å²) in [7, 11) is 0. The van der Waals surface area contributed by atoms with Gasteiger partial charge < -0.3 is 20.7 Å². The van der Waals surface area contributed by atoms with Crippen molar-refractivity contribution in [2.75, 3.05) is 18.9 Å². The van der Waals surface area contributed by atoms with Gasteiger partial charge in [0.15, 0.2) is 17.0 Å². The Morgan fingerprint density at radius 3 is 2.78 bits per heavy atom. The number of amides is 1. The molecule has 2 aromatic heterocycles. The van der Waals surface area contributed by atoms with Crippen molar-refractivity contribution in [3.63, 3.8) is 0 Å². The van der Waals surface area contributed by atoms with Gasteiger partial charge in [-0.1, -0.05) is 24.5 Å². The molecule has 12 heteroatoms. The number of hydrogen-bond donors (Lipinski definition) is 3. The predicted octanol–water partition coefficient (Wildman–Crippen LogP) is 3.36. The van der Waals surface area contributed by atoms with Gasteiger partial charge in [-0.05, 0) is 50.7 Å². The van der Waals surface area contributed by atoms with Gasteiger partial charge in [0, 0.05) is 12.1 Å². The average Bonchev–Trinajstić information content (AvgIpc) is 3.20. The van der Waals surface area contributed by atoms with Crippen LogP contribution in [0.4, 0.5) is 15.0 Å². The topological polar surface area (TPSA) is 137 Å². The number of aliphatic hydroxyl groups is 1. The Balaban J connectivity index is 0.00000361. The normalized spacial score (nSPS) is 14.4. The van der Waals surface area contributed by atoms with E-state index in [2.05, 4.69) is 37.0 Å². The van der Waals surface area contributed by atoms with Crippen LogP contribution in [-0.4, -0.2) is 49.5 Å². The van der Waals surface area contributed by atoms with Gasteiger partial charge in [-0.3, -0.25) is 4.89 Å². The molecule has 1 aliphatic rings. The summed E-state index contributed by atoms with van der Waals surface area (Å²) in [6.07, 6.45) is 3.39. The maximum Gasteiger partial charge on any atom is 0.438 e. The van der Waals surface area contributed by atoms with Crippen molar-refractivity contribution in [2.45, 2.75) is 51.2 Å². The highest BCUT2D eigenvalue weighted by Crippen LogP contribution is 2.28. The number of nitrogens with two attached hydrogens (primary N) is 1. The van der Waals surface area contributed by atoms with Crippen LogP contribution in [0, 0.1) is 17.7 Å². The summed E-state index contributed by atoms with van der Waals surface area (Å²) >= 11 is 0. The van der Waals surface area contributed by atoms with Crippen LogP contribution in [0.2, 0.25) is 0 Å². The van der Waals surface area contributed by atoms with E-state index in [9.17, 15) is 14.3 Å². The van der Waals surface area contributed by atoms with Crippen molar-refractivity contribution in [1.29, 1.82) is 0 Å². The third kappa shape index (κ3) is 6.40. The van der Waals surface area contributed by atoms with Crippen LogP contribution in [0.15, 0.2) is 24.3 Å². The highest BCUT2D eigenvalue weighted by atomic mass is 35.5. The number of fused-ring (bicyclic) bond motifs is 1. The van der Waals surface area contributed by atoms with Gasteiger partial charge in [-0.2, -0.15) is 4.89 Å². The summed E-state index contributed by atoms with van der Waals surface area (Å²) in [5.74, 6) is 5.96. The number of halogens is 2.